The smallest absolute Gasteiger partial charge is 0.407 e. The molecule has 0 aliphatic heterocycles. The molecule has 0 aromatic heterocycles. The number of nitrogens with one attached hydrogen (secondary N) is 1. The molecule has 1 amide bonds. The van der Waals surface area contributed by atoms with E-state index < -0.39 is 34.2 Å². The van der Waals surface area contributed by atoms with E-state index in [0.29, 0.717) is 12.4 Å². The molecule has 0 spiro atoms. The third kappa shape index (κ3) is 11.4. The van der Waals surface area contributed by atoms with Gasteiger partial charge in [-0.05, 0) is 80.3 Å². The summed E-state index contributed by atoms with van der Waals surface area (Å²) >= 11 is 0. The van der Waals surface area contributed by atoms with Crippen molar-refractivity contribution in [1.29, 1.82) is 0 Å². The molecule has 252 valence electrons. The maximum Gasteiger partial charge on any atom is 0.407 e. The van der Waals surface area contributed by atoms with Gasteiger partial charge in [0.25, 0.3) is 0 Å². The van der Waals surface area contributed by atoms with E-state index in [0.717, 1.165) is 11.1 Å². The number of ether oxygens (including phenoxy) is 2. The molecule has 2 aromatic rings. The van der Waals surface area contributed by atoms with Crippen molar-refractivity contribution in [2.45, 2.75) is 124 Å². The molecule has 0 aliphatic carbocycles. The molecule has 0 radical (unpaired) electrons. The Morgan fingerprint density at radius 3 is 1.80 bits per heavy atom. The minimum Gasteiger partial charge on any atom is -0.445 e. The number of alkyl carbamates (subject to hydrolysis) is 1. The second-order valence-electron chi connectivity index (χ2n) is 16.3. The summed E-state index contributed by atoms with van der Waals surface area (Å²) in [5.41, 5.74) is 1.25. The molecule has 0 heterocycles. The molecule has 1 N–H and O–H groups in total. The van der Waals surface area contributed by atoms with Gasteiger partial charge in [-0.15, -0.1) is 0 Å². The first kappa shape index (κ1) is 38.7. The van der Waals surface area contributed by atoms with Crippen molar-refractivity contribution in [1.82, 2.24) is 5.32 Å². The summed E-state index contributed by atoms with van der Waals surface area (Å²) in [5.74, 6) is 0.00715. The molecule has 2 aromatic carbocycles. The van der Waals surface area contributed by atoms with Gasteiger partial charge in [-0.2, -0.15) is 0 Å². The van der Waals surface area contributed by atoms with Crippen molar-refractivity contribution in [2.75, 3.05) is 6.61 Å². The number of carbonyl (C=O) groups excluding carboxylic acids is 2. The van der Waals surface area contributed by atoms with Crippen molar-refractivity contribution >= 4 is 28.7 Å². The van der Waals surface area contributed by atoms with Gasteiger partial charge in [0.2, 0.25) is 0 Å². The zero-order valence-corrected chi connectivity index (χ0v) is 32.3. The molecule has 0 fully saturated rings. The Bertz CT molecular complexity index is 1240. The molecular formula is C36H59NO6Si2. The average Bonchev–Trinajstić information content (AvgIpc) is 2.92. The normalized spacial score (nSPS) is 15.2. The SMILES string of the molecule is C[C@H]([C@H](O[Si](C)(C)C(C)(C)C)c1ccc(OC(=O)C(C)(C)C)cc1)[C@@H](CO[Si](C)(C)C(C)(C)C)NC(=O)OCc1ccccc1. The Morgan fingerprint density at radius 2 is 1.31 bits per heavy atom. The van der Waals surface area contributed by atoms with Crippen molar-refractivity contribution in [3.63, 3.8) is 0 Å². The lowest BCUT2D eigenvalue weighted by atomic mass is 9.91. The van der Waals surface area contributed by atoms with Gasteiger partial charge in [0.15, 0.2) is 16.6 Å². The molecule has 0 unspecified atom stereocenters. The summed E-state index contributed by atoms with van der Waals surface area (Å²) in [6.45, 7) is 30.2. The van der Waals surface area contributed by atoms with Crippen LogP contribution in [0.2, 0.25) is 36.3 Å². The van der Waals surface area contributed by atoms with Crippen molar-refractivity contribution in [3.8, 4) is 5.75 Å². The average molecular weight is 658 g/mol. The maximum absolute atomic E-state index is 13.2. The molecule has 0 saturated carbocycles. The molecule has 3 atom stereocenters. The summed E-state index contributed by atoms with van der Waals surface area (Å²) in [5, 5.41) is 3.11. The third-order valence-electron chi connectivity index (χ3n) is 9.32. The topological polar surface area (TPSA) is 83.1 Å². The molecule has 9 heteroatoms. The monoisotopic (exact) mass is 657 g/mol. The minimum atomic E-state index is -2.27. The van der Waals surface area contributed by atoms with Gasteiger partial charge in [-0.1, -0.05) is 90.9 Å². The van der Waals surface area contributed by atoms with Crippen LogP contribution in [0.1, 0.15) is 86.5 Å². The number of rotatable bonds is 12. The Labute approximate surface area is 275 Å². The second-order valence-corrected chi connectivity index (χ2v) is 25.8. The zero-order valence-electron chi connectivity index (χ0n) is 30.3. The lowest BCUT2D eigenvalue weighted by molar-refractivity contribution is -0.143. The molecule has 0 bridgehead atoms. The molecular weight excluding hydrogens is 599 g/mol. The quantitative estimate of drug-likeness (QED) is 0.139. The predicted octanol–water partition coefficient (Wildman–Crippen LogP) is 9.65. The molecule has 45 heavy (non-hydrogen) atoms. The number of hydrogen-bond acceptors (Lipinski definition) is 6. The number of esters is 1. The zero-order chi connectivity index (χ0) is 34.4. The summed E-state index contributed by atoms with van der Waals surface area (Å²) in [7, 11) is -4.41. The first-order valence-electron chi connectivity index (χ1n) is 16.1. The maximum atomic E-state index is 13.2. The molecule has 2 rings (SSSR count). The number of carbonyl (C=O) groups is 2. The number of hydrogen-bond donors (Lipinski definition) is 1. The third-order valence-corrected chi connectivity index (χ3v) is 18.3. The van der Waals surface area contributed by atoms with Crippen LogP contribution in [0.5, 0.6) is 5.75 Å². The lowest BCUT2D eigenvalue weighted by Crippen LogP contribution is -2.51. The summed E-state index contributed by atoms with van der Waals surface area (Å²) in [6.07, 6.45) is -0.856. The Hall–Kier alpha value is -2.47. The van der Waals surface area contributed by atoms with E-state index in [1.165, 1.54) is 0 Å². The van der Waals surface area contributed by atoms with Crippen LogP contribution in [0.3, 0.4) is 0 Å². The fraction of sp³-hybridized carbons (Fsp3) is 0.611. The van der Waals surface area contributed by atoms with E-state index in [-0.39, 0.29) is 34.7 Å². The predicted molar refractivity (Wildman–Crippen MR) is 188 cm³/mol. The molecule has 7 nitrogen and oxygen atoms in total. The van der Waals surface area contributed by atoms with E-state index in [9.17, 15) is 9.59 Å². The van der Waals surface area contributed by atoms with Gasteiger partial charge < -0.3 is 23.6 Å². The first-order valence-corrected chi connectivity index (χ1v) is 21.9. The Kier molecular flexibility index (Phi) is 12.9. The number of benzene rings is 2. The van der Waals surface area contributed by atoms with Gasteiger partial charge >= 0.3 is 12.1 Å². The Balaban J connectivity index is 2.46. The van der Waals surface area contributed by atoms with Crippen LogP contribution in [0.15, 0.2) is 54.6 Å². The van der Waals surface area contributed by atoms with Gasteiger partial charge in [0, 0.05) is 5.92 Å². The van der Waals surface area contributed by atoms with Gasteiger partial charge in [0.05, 0.1) is 24.2 Å². The standard InChI is InChI=1S/C36H59NO6Si2/c1-26(30(25-41-44(11,12)35(5,6)7)37-33(39)40-24-27-18-16-15-17-19-27)31(43-45(13,14)36(8,9)10)28-20-22-29(23-21-28)42-32(38)34(2,3)4/h15-23,26,30-31H,24-25H2,1-14H3,(H,37,39)/t26-,30+,31-/m0/s1. The fourth-order valence-electron chi connectivity index (χ4n) is 3.93. The summed E-state index contributed by atoms with van der Waals surface area (Å²) in [6, 6.07) is 16.8. The van der Waals surface area contributed by atoms with Crippen molar-refractivity contribution in [3.05, 3.63) is 65.7 Å². The van der Waals surface area contributed by atoms with Crippen molar-refractivity contribution < 1.29 is 27.9 Å². The van der Waals surface area contributed by atoms with Crippen molar-refractivity contribution in [2.24, 2.45) is 11.3 Å². The van der Waals surface area contributed by atoms with E-state index >= 15 is 0 Å². The fourth-order valence-corrected chi connectivity index (χ4v) is 6.29. The van der Waals surface area contributed by atoms with Crippen LogP contribution in [0.4, 0.5) is 4.79 Å². The molecule has 0 aliphatic rings. The first-order chi connectivity index (χ1) is 20.4. The van der Waals surface area contributed by atoms with Gasteiger partial charge in [0.1, 0.15) is 12.4 Å². The highest BCUT2D eigenvalue weighted by atomic mass is 28.4. The van der Waals surface area contributed by atoms with Crippen LogP contribution in [-0.4, -0.2) is 41.3 Å². The largest absolute Gasteiger partial charge is 0.445 e. The molecule has 0 saturated heterocycles. The van der Waals surface area contributed by atoms with Gasteiger partial charge in [-0.25, -0.2) is 4.79 Å². The minimum absolute atomic E-state index is 0.00592. The van der Waals surface area contributed by atoms with E-state index in [2.05, 4.69) is 80.0 Å². The highest BCUT2D eigenvalue weighted by Gasteiger charge is 2.43. The van der Waals surface area contributed by atoms with Crippen LogP contribution >= 0.6 is 0 Å². The van der Waals surface area contributed by atoms with Crippen LogP contribution in [0, 0.1) is 11.3 Å². The van der Waals surface area contributed by atoms with E-state index in [1.807, 2.05) is 75.4 Å². The lowest BCUT2D eigenvalue weighted by Gasteiger charge is -2.43. The highest BCUT2D eigenvalue weighted by Crippen LogP contribution is 2.43. The van der Waals surface area contributed by atoms with E-state index in [4.69, 9.17) is 18.3 Å². The van der Waals surface area contributed by atoms with Crippen LogP contribution < -0.4 is 10.1 Å². The van der Waals surface area contributed by atoms with E-state index in [1.54, 1.807) is 0 Å². The van der Waals surface area contributed by atoms with Gasteiger partial charge in [-0.3, -0.25) is 4.79 Å². The highest BCUT2D eigenvalue weighted by molar-refractivity contribution is 6.74. The van der Waals surface area contributed by atoms with Crippen LogP contribution in [-0.2, 0) is 25.0 Å². The Morgan fingerprint density at radius 1 is 0.778 bits per heavy atom. The summed E-state index contributed by atoms with van der Waals surface area (Å²) < 4.78 is 25.1. The van der Waals surface area contributed by atoms with Crippen LogP contribution in [0.25, 0.3) is 0 Å². The second kappa shape index (κ2) is 15.0. The summed E-state index contributed by atoms with van der Waals surface area (Å²) in [4.78, 5) is 25.7. The number of amides is 1.